The fourth-order valence-electron chi connectivity index (χ4n) is 1.74. The zero-order chi connectivity index (χ0) is 17.2. The third-order valence-corrected chi connectivity index (χ3v) is 2.96. The first-order valence-corrected chi connectivity index (χ1v) is 4.59. The molecule has 1 aliphatic carbocycles. The Kier molecular flexibility index (Phi) is 3.41. The number of carbonyl (C=O) groups excluding carboxylic acids is 2. The van der Waals surface area contributed by atoms with Gasteiger partial charge in [0.2, 0.25) is 6.17 Å². The minimum atomic E-state index is -7.24. The van der Waals surface area contributed by atoms with E-state index in [2.05, 4.69) is 0 Å². The molecule has 1 saturated carbocycles. The maximum absolute atomic E-state index is 13.3. The number of rotatable bonds is 2. The van der Waals surface area contributed by atoms with E-state index in [1.165, 1.54) is 0 Å². The number of hydrogen-bond donors (Lipinski definition) is 0. The van der Waals surface area contributed by atoms with Crippen molar-refractivity contribution in [3.8, 4) is 0 Å². The van der Waals surface area contributed by atoms with Crippen molar-refractivity contribution < 1.29 is 57.9 Å². The molecule has 0 saturated heterocycles. The molecular weight excluding hydrogens is 337 g/mol. The van der Waals surface area contributed by atoms with Crippen molar-refractivity contribution in [1.29, 1.82) is 0 Å². The minimum Gasteiger partial charge on any atom is -0.257 e. The molecule has 1 fully saturated rings. The lowest BCUT2D eigenvalue weighted by Gasteiger charge is -2.49. The van der Waals surface area contributed by atoms with Crippen molar-refractivity contribution in [3.63, 3.8) is 0 Å². The molecule has 1 rings (SSSR count). The maximum Gasteiger partial charge on any atom is 0.351 e. The molecule has 13 heteroatoms. The largest absolute Gasteiger partial charge is 0.351 e. The third-order valence-electron chi connectivity index (χ3n) is 2.96. The second kappa shape index (κ2) is 4.06. The van der Waals surface area contributed by atoms with Crippen LogP contribution in [0.2, 0.25) is 0 Å². The lowest BCUT2D eigenvalue weighted by molar-refractivity contribution is -0.385. The fourth-order valence-corrected chi connectivity index (χ4v) is 1.74. The fraction of sp³-hybridized carbons (Fsp3) is 0.750. The molecule has 0 aromatic rings. The molecule has 0 aromatic carbocycles. The first-order chi connectivity index (χ1) is 9.04. The lowest BCUT2D eigenvalue weighted by atomic mass is 9.68. The van der Waals surface area contributed by atoms with Crippen LogP contribution in [0, 0.1) is 0 Å². The predicted octanol–water partition coefficient (Wildman–Crippen LogP) is 2.65. The van der Waals surface area contributed by atoms with Gasteiger partial charge in [0.15, 0.2) is 0 Å². The summed E-state index contributed by atoms with van der Waals surface area (Å²) in [5, 5.41) is 0. The van der Waals surface area contributed by atoms with E-state index in [0.29, 0.717) is 0 Å². The summed E-state index contributed by atoms with van der Waals surface area (Å²) < 4.78 is 142. The van der Waals surface area contributed by atoms with Crippen molar-refractivity contribution in [3.05, 3.63) is 0 Å². The summed E-state index contributed by atoms with van der Waals surface area (Å²) >= 11 is 0. The number of hydrogen-bond acceptors (Lipinski definition) is 2. The van der Waals surface area contributed by atoms with E-state index in [-0.39, 0.29) is 0 Å². The smallest absolute Gasteiger partial charge is 0.257 e. The molecule has 0 bridgehead atoms. The van der Waals surface area contributed by atoms with Gasteiger partial charge in [-0.1, -0.05) is 0 Å². The number of halogens is 11. The van der Waals surface area contributed by atoms with Gasteiger partial charge in [0.1, 0.15) is 0 Å². The summed E-state index contributed by atoms with van der Waals surface area (Å²) in [6, 6.07) is -8.92. The van der Waals surface area contributed by atoms with Gasteiger partial charge in [-0.2, -0.15) is 35.1 Å². The molecule has 2 atom stereocenters. The molecular formula is C8HF11O2. The van der Waals surface area contributed by atoms with Crippen LogP contribution in [-0.2, 0) is 9.59 Å². The Morgan fingerprint density at radius 2 is 0.905 bits per heavy atom. The summed E-state index contributed by atoms with van der Waals surface area (Å²) in [5.74, 6) is -20.8. The highest BCUT2D eigenvalue weighted by molar-refractivity contribution is 5.89. The van der Waals surface area contributed by atoms with Gasteiger partial charge in [-0.15, -0.1) is 0 Å². The van der Waals surface area contributed by atoms with Gasteiger partial charge in [-0.25, -0.2) is 13.2 Å². The highest BCUT2D eigenvalue weighted by Gasteiger charge is 2.98. The van der Waals surface area contributed by atoms with Gasteiger partial charge >= 0.3 is 41.2 Å². The van der Waals surface area contributed by atoms with Gasteiger partial charge in [-0.3, -0.25) is 9.59 Å². The highest BCUT2D eigenvalue weighted by atomic mass is 19.3. The van der Waals surface area contributed by atoms with E-state index < -0.39 is 47.4 Å². The van der Waals surface area contributed by atoms with E-state index in [1.54, 1.807) is 0 Å². The molecule has 2 unspecified atom stereocenters. The van der Waals surface area contributed by atoms with E-state index in [0.717, 1.165) is 0 Å². The molecule has 2 nitrogen and oxygen atoms in total. The third kappa shape index (κ3) is 1.49. The number of carbonyl (C=O) groups is 2. The first-order valence-electron chi connectivity index (χ1n) is 4.59. The van der Waals surface area contributed by atoms with Crippen LogP contribution in [-0.4, -0.2) is 47.4 Å². The Labute approximate surface area is 106 Å². The first kappa shape index (κ1) is 17.6. The summed E-state index contributed by atoms with van der Waals surface area (Å²) in [6.45, 7) is 0. The monoisotopic (exact) mass is 338 g/mol. The average molecular weight is 338 g/mol. The molecule has 0 aliphatic heterocycles. The van der Waals surface area contributed by atoms with E-state index in [4.69, 9.17) is 0 Å². The molecule has 0 radical (unpaired) electrons. The molecule has 1 aliphatic rings. The van der Waals surface area contributed by atoms with Crippen molar-refractivity contribution in [2.45, 2.75) is 35.3 Å². The van der Waals surface area contributed by atoms with Crippen LogP contribution in [0.3, 0.4) is 0 Å². The summed E-state index contributed by atoms with van der Waals surface area (Å²) in [5.41, 5.74) is -13.7. The normalized spacial score (nSPS) is 40.6. The molecule has 0 spiro atoms. The van der Waals surface area contributed by atoms with Crippen LogP contribution >= 0.6 is 0 Å². The minimum absolute atomic E-state index is 4.46. The van der Waals surface area contributed by atoms with Gasteiger partial charge in [-0.05, 0) is 0 Å². The zero-order valence-corrected chi connectivity index (χ0v) is 9.05. The van der Waals surface area contributed by atoms with Crippen LogP contribution in [0.15, 0.2) is 0 Å². The van der Waals surface area contributed by atoms with E-state index in [9.17, 15) is 57.9 Å². The second-order valence-corrected chi connectivity index (χ2v) is 4.05. The molecule has 0 heterocycles. The van der Waals surface area contributed by atoms with Crippen molar-refractivity contribution >= 4 is 12.1 Å². The summed E-state index contributed by atoms with van der Waals surface area (Å²) in [6.07, 6.45) is -5.63. The zero-order valence-electron chi connectivity index (χ0n) is 9.05. The molecule has 0 amide bonds. The van der Waals surface area contributed by atoms with Gasteiger partial charge in [0, 0.05) is 0 Å². The molecule has 122 valence electrons. The van der Waals surface area contributed by atoms with Crippen molar-refractivity contribution in [2.24, 2.45) is 0 Å². The van der Waals surface area contributed by atoms with Crippen molar-refractivity contribution in [1.82, 2.24) is 0 Å². The van der Waals surface area contributed by atoms with Gasteiger partial charge in [0.25, 0.3) is 0 Å². The Morgan fingerprint density at radius 3 is 1.10 bits per heavy atom. The Balaban J connectivity index is 3.90. The van der Waals surface area contributed by atoms with Crippen LogP contribution < -0.4 is 0 Å². The lowest BCUT2D eigenvalue weighted by Crippen LogP contribution is -2.84. The highest BCUT2D eigenvalue weighted by Crippen LogP contribution is 2.65. The van der Waals surface area contributed by atoms with E-state index in [1.807, 2.05) is 0 Å². The predicted molar refractivity (Wildman–Crippen MR) is 39.6 cm³/mol. The summed E-state index contributed by atoms with van der Waals surface area (Å²) in [4.78, 5) is 20.0. The van der Waals surface area contributed by atoms with Crippen molar-refractivity contribution in [2.75, 3.05) is 0 Å². The second-order valence-electron chi connectivity index (χ2n) is 4.05. The van der Waals surface area contributed by atoms with Gasteiger partial charge in [0.05, 0.1) is 0 Å². The van der Waals surface area contributed by atoms with Crippen LogP contribution in [0.5, 0.6) is 0 Å². The Morgan fingerprint density at radius 1 is 0.667 bits per heavy atom. The SMILES string of the molecule is O=C(F)C1(F)C(F)(F)C(F)C(F)(F)C(F)(C(=O)F)C1(F)F. The van der Waals surface area contributed by atoms with Gasteiger partial charge < -0.3 is 0 Å². The van der Waals surface area contributed by atoms with Crippen LogP contribution in [0.4, 0.5) is 48.3 Å². The quantitative estimate of drug-likeness (QED) is 0.573. The van der Waals surface area contributed by atoms with E-state index >= 15 is 0 Å². The Bertz CT molecular complexity index is 460. The Hall–Kier alpha value is -1.43. The van der Waals surface area contributed by atoms with Crippen LogP contribution in [0.25, 0.3) is 0 Å². The molecule has 0 N–H and O–H groups in total. The number of alkyl halides is 9. The standard InChI is InChI=1S/C8HF11O2/c9-1-6(14,15)4(12,2(10)20)8(18,19)5(13,3(11)21)7(1,16)17/h1H. The summed E-state index contributed by atoms with van der Waals surface area (Å²) in [7, 11) is 0. The van der Waals surface area contributed by atoms with Crippen LogP contribution in [0.1, 0.15) is 0 Å². The molecule has 0 aromatic heterocycles. The topological polar surface area (TPSA) is 34.1 Å². The maximum atomic E-state index is 13.3. The molecule has 21 heavy (non-hydrogen) atoms. The average Bonchev–Trinajstić information content (AvgIpc) is 2.32.